The van der Waals surface area contributed by atoms with Gasteiger partial charge in [-0.1, -0.05) is 67.4 Å². The monoisotopic (exact) mass is 297 g/mol. The van der Waals surface area contributed by atoms with E-state index in [0.717, 1.165) is 5.56 Å². The van der Waals surface area contributed by atoms with E-state index in [0.29, 0.717) is 6.54 Å². The van der Waals surface area contributed by atoms with Crippen LogP contribution in [-0.4, -0.2) is 5.91 Å². The van der Waals surface area contributed by atoms with Gasteiger partial charge in [0.05, 0.1) is 5.92 Å². The molecule has 1 aromatic rings. The first-order valence-electron chi connectivity index (χ1n) is 6.27. The van der Waals surface area contributed by atoms with Crippen LogP contribution in [0.15, 0.2) is 40.9 Å². The molecule has 0 unspecified atom stereocenters. The third-order valence-corrected chi connectivity index (χ3v) is 4.06. The van der Waals surface area contributed by atoms with Crippen LogP contribution in [0.5, 0.6) is 0 Å². The van der Waals surface area contributed by atoms with Gasteiger partial charge < -0.3 is 5.32 Å². The number of halogens is 2. The summed E-state index contributed by atoms with van der Waals surface area (Å²) < 4.78 is 0.233. The summed E-state index contributed by atoms with van der Waals surface area (Å²) in [5, 5.41) is 2.97. The second kappa shape index (κ2) is 5.56. The third-order valence-electron chi connectivity index (χ3n) is 3.81. The first kappa shape index (κ1) is 14.4. The highest BCUT2D eigenvalue weighted by Crippen LogP contribution is 2.59. The van der Waals surface area contributed by atoms with Gasteiger partial charge in [-0.25, -0.2) is 0 Å². The minimum atomic E-state index is -0.0736. The Kier molecular flexibility index (Phi) is 4.22. The van der Waals surface area contributed by atoms with Gasteiger partial charge in [0.1, 0.15) is 4.49 Å². The molecule has 1 aliphatic rings. The highest BCUT2D eigenvalue weighted by atomic mass is 35.5. The fourth-order valence-corrected chi connectivity index (χ4v) is 2.79. The van der Waals surface area contributed by atoms with Crippen molar-refractivity contribution in [2.24, 2.45) is 17.3 Å². The number of benzene rings is 1. The highest BCUT2D eigenvalue weighted by Gasteiger charge is 2.60. The first-order chi connectivity index (χ1) is 8.93. The van der Waals surface area contributed by atoms with Crippen molar-refractivity contribution < 1.29 is 4.79 Å². The number of nitrogens with one attached hydrogen (secondary N) is 1. The molecule has 0 aliphatic heterocycles. The van der Waals surface area contributed by atoms with Crippen LogP contribution in [0.2, 0.25) is 0 Å². The van der Waals surface area contributed by atoms with Crippen LogP contribution >= 0.6 is 23.2 Å². The summed E-state index contributed by atoms with van der Waals surface area (Å²) in [6.07, 6.45) is 1.76. The quantitative estimate of drug-likeness (QED) is 0.897. The Labute approximate surface area is 123 Å². The van der Waals surface area contributed by atoms with E-state index in [4.69, 9.17) is 23.2 Å². The predicted octanol–water partition coefficient (Wildman–Crippen LogP) is 3.89. The second-order valence-corrected chi connectivity index (χ2v) is 6.49. The summed E-state index contributed by atoms with van der Waals surface area (Å²) in [6, 6.07) is 9.86. The van der Waals surface area contributed by atoms with Crippen molar-refractivity contribution in [2.75, 3.05) is 0 Å². The maximum atomic E-state index is 12.2. The molecule has 1 N–H and O–H groups in total. The Morgan fingerprint density at radius 1 is 1.32 bits per heavy atom. The predicted molar refractivity (Wildman–Crippen MR) is 78.8 cm³/mol. The standard InChI is InChI=1S/C15H17Cl2NO/c1-15(2)11(8-12(16)17)13(15)14(19)18-9-10-6-4-3-5-7-10/h3-8,11,13H,9H2,1-2H3,(H,18,19)/t11-,13+/m1/s1. The van der Waals surface area contributed by atoms with E-state index >= 15 is 0 Å². The van der Waals surface area contributed by atoms with Gasteiger partial charge in [0.25, 0.3) is 0 Å². The van der Waals surface area contributed by atoms with Crippen LogP contribution in [0, 0.1) is 17.3 Å². The van der Waals surface area contributed by atoms with Crippen LogP contribution in [0.4, 0.5) is 0 Å². The molecule has 0 heterocycles. The van der Waals surface area contributed by atoms with Crippen molar-refractivity contribution in [3.63, 3.8) is 0 Å². The molecule has 2 rings (SSSR count). The van der Waals surface area contributed by atoms with E-state index in [1.165, 1.54) is 0 Å². The molecular weight excluding hydrogens is 281 g/mol. The Balaban J connectivity index is 1.93. The van der Waals surface area contributed by atoms with Gasteiger partial charge >= 0.3 is 0 Å². The summed E-state index contributed by atoms with van der Waals surface area (Å²) in [4.78, 5) is 12.2. The number of rotatable bonds is 4. The zero-order chi connectivity index (χ0) is 14.0. The van der Waals surface area contributed by atoms with Crippen molar-refractivity contribution in [3.8, 4) is 0 Å². The molecule has 1 amide bonds. The number of amides is 1. The molecular formula is C15H17Cl2NO. The lowest BCUT2D eigenvalue weighted by atomic mass is 10.1. The number of hydrogen-bond donors (Lipinski definition) is 1. The number of allylic oxidation sites excluding steroid dienone is 1. The van der Waals surface area contributed by atoms with Gasteiger partial charge in [-0.3, -0.25) is 4.79 Å². The van der Waals surface area contributed by atoms with Crippen LogP contribution in [-0.2, 0) is 11.3 Å². The minimum absolute atomic E-state index is 0.0521. The molecule has 1 aromatic carbocycles. The lowest BCUT2D eigenvalue weighted by Gasteiger charge is -2.06. The zero-order valence-corrected chi connectivity index (χ0v) is 12.5. The topological polar surface area (TPSA) is 29.1 Å². The van der Waals surface area contributed by atoms with E-state index in [2.05, 4.69) is 19.2 Å². The smallest absolute Gasteiger partial charge is 0.224 e. The number of hydrogen-bond acceptors (Lipinski definition) is 1. The molecule has 2 nitrogen and oxygen atoms in total. The minimum Gasteiger partial charge on any atom is -0.352 e. The van der Waals surface area contributed by atoms with Gasteiger partial charge in [-0.2, -0.15) is 0 Å². The van der Waals surface area contributed by atoms with Crippen molar-refractivity contribution >= 4 is 29.1 Å². The molecule has 4 heteroatoms. The maximum Gasteiger partial charge on any atom is 0.224 e. The summed E-state index contributed by atoms with van der Waals surface area (Å²) >= 11 is 11.4. The van der Waals surface area contributed by atoms with Gasteiger partial charge in [-0.05, 0) is 23.0 Å². The second-order valence-electron chi connectivity index (χ2n) is 5.48. The molecule has 1 fully saturated rings. The van der Waals surface area contributed by atoms with E-state index in [1.807, 2.05) is 30.3 Å². The van der Waals surface area contributed by atoms with Gasteiger partial charge in [0.15, 0.2) is 0 Å². The fraction of sp³-hybridized carbons (Fsp3) is 0.400. The lowest BCUT2D eigenvalue weighted by Crippen LogP contribution is -2.26. The van der Waals surface area contributed by atoms with E-state index in [-0.39, 0.29) is 27.6 Å². The van der Waals surface area contributed by atoms with Crippen molar-refractivity contribution in [3.05, 3.63) is 46.5 Å². The Hall–Kier alpha value is -0.990. The van der Waals surface area contributed by atoms with E-state index in [9.17, 15) is 4.79 Å². The van der Waals surface area contributed by atoms with E-state index in [1.54, 1.807) is 6.08 Å². The molecule has 0 saturated heterocycles. The lowest BCUT2D eigenvalue weighted by molar-refractivity contribution is -0.123. The molecule has 102 valence electrons. The number of carbonyl (C=O) groups excluding carboxylic acids is 1. The molecule has 1 aliphatic carbocycles. The van der Waals surface area contributed by atoms with Crippen molar-refractivity contribution in [1.29, 1.82) is 0 Å². The maximum absolute atomic E-state index is 12.2. The van der Waals surface area contributed by atoms with Crippen LogP contribution < -0.4 is 5.32 Å². The summed E-state index contributed by atoms with van der Waals surface area (Å²) in [7, 11) is 0. The molecule has 19 heavy (non-hydrogen) atoms. The van der Waals surface area contributed by atoms with Crippen LogP contribution in [0.3, 0.4) is 0 Å². The molecule has 0 radical (unpaired) electrons. The Bertz CT molecular complexity index is 492. The first-order valence-corrected chi connectivity index (χ1v) is 7.03. The van der Waals surface area contributed by atoms with Crippen molar-refractivity contribution in [2.45, 2.75) is 20.4 Å². The Morgan fingerprint density at radius 3 is 2.53 bits per heavy atom. The average Bonchev–Trinajstić information content (AvgIpc) is 2.88. The van der Waals surface area contributed by atoms with Crippen LogP contribution in [0.25, 0.3) is 0 Å². The number of carbonyl (C=O) groups is 1. The van der Waals surface area contributed by atoms with Gasteiger partial charge in [0, 0.05) is 6.54 Å². The summed E-state index contributed by atoms with van der Waals surface area (Å²) in [5.74, 6) is 0.127. The third kappa shape index (κ3) is 3.31. The molecule has 0 aromatic heterocycles. The highest BCUT2D eigenvalue weighted by molar-refractivity contribution is 6.55. The zero-order valence-electron chi connectivity index (χ0n) is 11.0. The van der Waals surface area contributed by atoms with Gasteiger partial charge in [0.2, 0.25) is 5.91 Å². The normalized spacial score (nSPS) is 23.6. The molecule has 0 bridgehead atoms. The van der Waals surface area contributed by atoms with Crippen molar-refractivity contribution in [1.82, 2.24) is 5.32 Å². The Morgan fingerprint density at radius 2 is 1.95 bits per heavy atom. The summed E-state index contributed by atoms with van der Waals surface area (Å²) in [5.41, 5.74) is 1.02. The average molecular weight is 298 g/mol. The van der Waals surface area contributed by atoms with Crippen LogP contribution in [0.1, 0.15) is 19.4 Å². The van der Waals surface area contributed by atoms with Gasteiger partial charge in [-0.15, -0.1) is 0 Å². The van der Waals surface area contributed by atoms with E-state index < -0.39 is 0 Å². The molecule has 0 spiro atoms. The summed E-state index contributed by atoms with van der Waals surface area (Å²) in [6.45, 7) is 4.66. The molecule has 1 saturated carbocycles. The largest absolute Gasteiger partial charge is 0.352 e. The molecule has 2 atom stereocenters. The SMILES string of the molecule is CC1(C)[C@H](C=C(Cl)Cl)[C@H]1C(=O)NCc1ccccc1. The fourth-order valence-electron chi connectivity index (χ4n) is 2.52.